The molecule has 2 aromatic rings. The van der Waals surface area contributed by atoms with Gasteiger partial charge in [-0.15, -0.1) is 0 Å². The van der Waals surface area contributed by atoms with Crippen molar-refractivity contribution >= 4 is 10.9 Å². The summed E-state index contributed by atoms with van der Waals surface area (Å²) >= 11 is 0. The van der Waals surface area contributed by atoms with Crippen LogP contribution >= 0.6 is 0 Å². The Hall–Kier alpha value is -1.58. The first-order valence-corrected chi connectivity index (χ1v) is 8.08. The summed E-state index contributed by atoms with van der Waals surface area (Å²) in [5.74, 6) is 0. The number of hydrogen-bond donors (Lipinski definition) is 2. The van der Waals surface area contributed by atoms with Gasteiger partial charge in [0.2, 0.25) is 0 Å². The molecule has 1 saturated heterocycles. The van der Waals surface area contributed by atoms with Gasteiger partial charge >= 0.3 is 12.4 Å². The lowest BCUT2D eigenvalue weighted by atomic mass is 9.91. The van der Waals surface area contributed by atoms with Crippen LogP contribution < -0.4 is 17.7 Å². The van der Waals surface area contributed by atoms with Gasteiger partial charge in [0.1, 0.15) is 5.69 Å². The largest absolute Gasteiger partial charge is 1.00 e. The third-order valence-electron chi connectivity index (χ3n) is 4.52. The van der Waals surface area contributed by atoms with Crippen LogP contribution in [0.15, 0.2) is 24.3 Å². The number of benzene rings is 1. The molecule has 27 heavy (non-hydrogen) atoms. The Morgan fingerprint density at radius 2 is 1.78 bits per heavy atom. The van der Waals surface area contributed by atoms with Crippen LogP contribution in [0.5, 0.6) is 0 Å². The molecule has 2 heterocycles. The Kier molecular flexibility index (Phi) is 6.28. The van der Waals surface area contributed by atoms with E-state index in [-0.39, 0.29) is 23.4 Å². The Balaban J connectivity index is 0.00000261. The molecule has 150 valence electrons. The zero-order valence-corrected chi connectivity index (χ0v) is 14.6. The maximum atomic E-state index is 13.2. The summed E-state index contributed by atoms with van der Waals surface area (Å²) in [5, 5.41) is 13.5. The third kappa shape index (κ3) is 4.47. The molecule has 1 aliphatic heterocycles. The Morgan fingerprint density at radius 3 is 2.33 bits per heavy atom. The van der Waals surface area contributed by atoms with Gasteiger partial charge in [0, 0.05) is 11.4 Å². The number of fused-ring (bicyclic) bond motifs is 1. The van der Waals surface area contributed by atoms with Gasteiger partial charge in [0.05, 0.1) is 17.2 Å². The van der Waals surface area contributed by atoms with Crippen LogP contribution in [-0.4, -0.2) is 22.7 Å². The molecular formula is C17H16ClF6N2O-. The second kappa shape index (κ2) is 7.81. The van der Waals surface area contributed by atoms with E-state index in [1.165, 1.54) is 6.07 Å². The maximum absolute atomic E-state index is 13.2. The van der Waals surface area contributed by atoms with Gasteiger partial charge in [0.25, 0.3) is 0 Å². The number of para-hydroxylation sites is 1. The molecule has 0 amide bonds. The van der Waals surface area contributed by atoms with Crippen molar-refractivity contribution in [3.8, 4) is 0 Å². The van der Waals surface area contributed by atoms with E-state index in [1.54, 1.807) is 0 Å². The van der Waals surface area contributed by atoms with Crippen molar-refractivity contribution in [2.75, 3.05) is 6.54 Å². The van der Waals surface area contributed by atoms with E-state index in [2.05, 4.69) is 10.3 Å². The highest BCUT2D eigenvalue weighted by Crippen LogP contribution is 2.39. The summed E-state index contributed by atoms with van der Waals surface area (Å²) < 4.78 is 79.3. The van der Waals surface area contributed by atoms with Crippen LogP contribution in [0.4, 0.5) is 26.3 Å². The number of piperidine rings is 1. The minimum atomic E-state index is -4.93. The first-order valence-electron chi connectivity index (χ1n) is 8.08. The van der Waals surface area contributed by atoms with Crippen molar-refractivity contribution in [3.05, 3.63) is 41.1 Å². The van der Waals surface area contributed by atoms with E-state index in [0.29, 0.717) is 25.1 Å². The number of rotatable bonds is 2. The number of halogens is 7. The van der Waals surface area contributed by atoms with Crippen molar-refractivity contribution in [1.82, 2.24) is 10.3 Å². The summed E-state index contributed by atoms with van der Waals surface area (Å²) in [6, 6.07) is 3.16. The van der Waals surface area contributed by atoms with Crippen LogP contribution in [0.1, 0.15) is 42.2 Å². The quantitative estimate of drug-likeness (QED) is 0.733. The first-order chi connectivity index (χ1) is 12.1. The number of nitrogens with one attached hydrogen (secondary N) is 1. The average Bonchev–Trinajstić information content (AvgIpc) is 2.58. The lowest BCUT2D eigenvalue weighted by Crippen LogP contribution is -3.00. The fraction of sp³-hybridized carbons (Fsp3) is 0.471. The molecule has 0 radical (unpaired) electrons. The maximum Gasteiger partial charge on any atom is 0.433 e. The number of aliphatic hydroxyl groups excluding tert-OH is 1. The highest BCUT2D eigenvalue weighted by Gasteiger charge is 2.38. The Morgan fingerprint density at radius 1 is 1.07 bits per heavy atom. The van der Waals surface area contributed by atoms with E-state index in [1.807, 2.05) is 0 Å². The molecule has 1 aromatic heterocycles. The SMILES string of the molecule is O[C@@H](c1cc(C(F)(F)F)nc2c(C(F)(F)F)cccc12)[C@H]1CCCCN1.[Cl-]. The Bertz CT molecular complexity index is 802. The van der Waals surface area contributed by atoms with Crippen LogP contribution in [-0.2, 0) is 12.4 Å². The number of aliphatic hydroxyl groups is 1. The number of alkyl halides is 6. The zero-order valence-electron chi connectivity index (χ0n) is 13.8. The van der Waals surface area contributed by atoms with Crippen molar-refractivity contribution in [3.63, 3.8) is 0 Å². The molecule has 0 aliphatic carbocycles. The first kappa shape index (κ1) is 21.7. The standard InChI is InChI=1S/C17H16F6N2O.ClH/c18-16(19,20)11-5-3-4-9-10(15(26)12-6-1-2-7-24-12)8-13(17(21,22)23)25-14(9)11;/h3-5,8,12,15,24,26H,1-2,6-7H2;1H/p-1/t12-,15+;/m1./s1. The molecule has 2 atom stereocenters. The van der Waals surface area contributed by atoms with Crippen LogP contribution in [0.3, 0.4) is 0 Å². The van der Waals surface area contributed by atoms with Crippen molar-refractivity contribution in [2.24, 2.45) is 0 Å². The molecule has 0 spiro atoms. The van der Waals surface area contributed by atoms with Crippen molar-refractivity contribution in [2.45, 2.75) is 43.8 Å². The van der Waals surface area contributed by atoms with Crippen LogP contribution in [0.25, 0.3) is 10.9 Å². The van der Waals surface area contributed by atoms with E-state index >= 15 is 0 Å². The molecule has 3 rings (SSSR count). The number of nitrogens with zero attached hydrogens (tertiary/aromatic N) is 1. The highest BCUT2D eigenvalue weighted by atomic mass is 35.5. The van der Waals surface area contributed by atoms with Gasteiger partial charge in [-0.3, -0.25) is 0 Å². The van der Waals surface area contributed by atoms with Gasteiger partial charge < -0.3 is 22.8 Å². The van der Waals surface area contributed by atoms with Crippen molar-refractivity contribution in [1.29, 1.82) is 0 Å². The molecular weight excluding hydrogens is 398 g/mol. The Labute approximate surface area is 157 Å². The molecule has 10 heteroatoms. The topological polar surface area (TPSA) is 45.2 Å². The van der Waals surface area contributed by atoms with E-state index < -0.39 is 41.3 Å². The van der Waals surface area contributed by atoms with E-state index in [0.717, 1.165) is 18.9 Å². The fourth-order valence-electron chi connectivity index (χ4n) is 3.26. The summed E-state index contributed by atoms with van der Waals surface area (Å²) in [5.41, 5.74) is -3.72. The molecule has 3 nitrogen and oxygen atoms in total. The molecule has 0 bridgehead atoms. The number of hydrogen-bond acceptors (Lipinski definition) is 3. The van der Waals surface area contributed by atoms with Crippen LogP contribution in [0.2, 0.25) is 0 Å². The average molecular weight is 414 g/mol. The molecule has 0 unspecified atom stereocenters. The summed E-state index contributed by atoms with van der Waals surface area (Å²) in [6.45, 7) is 0.588. The molecule has 2 N–H and O–H groups in total. The van der Waals surface area contributed by atoms with E-state index in [9.17, 15) is 31.4 Å². The number of aromatic nitrogens is 1. The minimum absolute atomic E-state index is 0. The van der Waals surface area contributed by atoms with Gasteiger partial charge in [-0.2, -0.15) is 26.3 Å². The summed E-state index contributed by atoms with van der Waals surface area (Å²) in [6.07, 6.45) is -9.00. The van der Waals surface area contributed by atoms with Gasteiger partial charge in [0.15, 0.2) is 0 Å². The number of pyridine rings is 1. The predicted molar refractivity (Wildman–Crippen MR) is 82.3 cm³/mol. The second-order valence-electron chi connectivity index (χ2n) is 6.30. The van der Waals surface area contributed by atoms with Gasteiger partial charge in [-0.25, -0.2) is 4.98 Å². The highest BCUT2D eigenvalue weighted by molar-refractivity contribution is 5.86. The summed E-state index contributed by atoms with van der Waals surface area (Å²) in [4.78, 5) is 3.22. The van der Waals surface area contributed by atoms with Crippen LogP contribution in [0, 0.1) is 0 Å². The van der Waals surface area contributed by atoms with E-state index in [4.69, 9.17) is 0 Å². The third-order valence-corrected chi connectivity index (χ3v) is 4.52. The second-order valence-corrected chi connectivity index (χ2v) is 6.30. The molecule has 1 aromatic carbocycles. The smallest absolute Gasteiger partial charge is 0.433 e. The lowest BCUT2D eigenvalue weighted by Gasteiger charge is -2.29. The molecule has 1 fully saturated rings. The normalized spacial score (nSPS) is 19.6. The predicted octanol–water partition coefficient (Wildman–Crippen LogP) is 1.45. The van der Waals surface area contributed by atoms with Gasteiger partial charge in [-0.1, -0.05) is 18.6 Å². The minimum Gasteiger partial charge on any atom is -1.00 e. The monoisotopic (exact) mass is 413 g/mol. The fourth-order valence-corrected chi connectivity index (χ4v) is 3.26. The lowest BCUT2D eigenvalue weighted by molar-refractivity contribution is -0.142. The van der Waals surface area contributed by atoms with Crippen molar-refractivity contribution < 1.29 is 43.9 Å². The zero-order chi connectivity index (χ0) is 19.1. The molecule has 0 saturated carbocycles. The van der Waals surface area contributed by atoms with Gasteiger partial charge in [-0.05, 0) is 37.1 Å². The summed E-state index contributed by atoms with van der Waals surface area (Å²) in [7, 11) is 0. The molecule has 1 aliphatic rings.